The number of sulfonamides is 1. The highest BCUT2D eigenvalue weighted by Crippen LogP contribution is 2.29. The van der Waals surface area contributed by atoms with E-state index in [4.69, 9.17) is 5.14 Å². The molecule has 0 aliphatic rings. The smallest absolute Gasteiger partial charge is 0.269 e. The minimum Gasteiger partial charge on any atom is -0.325 e. The van der Waals surface area contributed by atoms with Crippen molar-refractivity contribution in [2.75, 3.05) is 5.32 Å². The Hall–Kier alpha value is -2.96. The molecule has 0 aliphatic heterocycles. The number of hydrogen-bond donors (Lipinski definition) is 2. The van der Waals surface area contributed by atoms with E-state index in [0.29, 0.717) is 22.9 Å². The van der Waals surface area contributed by atoms with Gasteiger partial charge >= 0.3 is 0 Å². The van der Waals surface area contributed by atoms with E-state index in [-0.39, 0.29) is 16.5 Å². The van der Waals surface area contributed by atoms with Gasteiger partial charge < -0.3 is 9.88 Å². The van der Waals surface area contributed by atoms with Crippen LogP contribution in [0.15, 0.2) is 52.5 Å². The van der Waals surface area contributed by atoms with Crippen LogP contribution in [0.5, 0.6) is 0 Å². The number of nitrogens with two attached hydrogens (primary N) is 1. The number of nitrogens with one attached hydrogen (secondary N) is 1. The number of carbonyl (C=O) groups excluding carboxylic acids is 1. The van der Waals surface area contributed by atoms with E-state index in [2.05, 4.69) is 10.3 Å². The number of anilines is 1. The molecular weight excluding hydrogens is 442 g/mol. The molecule has 12 heteroatoms. The average Bonchev–Trinajstić information content (AvgIpc) is 3.04. The third-order valence-electron chi connectivity index (χ3n) is 4.46. The Bertz CT molecular complexity index is 1240. The number of benzene rings is 2. The van der Waals surface area contributed by atoms with Crippen molar-refractivity contribution in [3.8, 4) is 0 Å². The molecule has 3 aromatic rings. The number of aryl methyl sites for hydroxylation is 1. The number of aromatic nitrogens is 2. The Labute approximate surface area is 183 Å². The number of fused-ring (bicyclic) bond motifs is 1. The molecule has 10 nitrogen and oxygen atoms in total. The number of nitro groups is 1. The van der Waals surface area contributed by atoms with Gasteiger partial charge in [0.2, 0.25) is 15.9 Å². The van der Waals surface area contributed by atoms with Gasteiger partial charge in [0, 0.05) is 24.4 Å². The van der Waals surface area contributed by atoms with E-state index in [0.717, 1.165) is 11.9 Å². The number of hydrogen-bond acceptors (Lipinski definition) is 7. The summed E-state index contributed by atoms with van der Waals surface area (Å²) >= 11 is 1.24. The van der Waals surface area contributed by atoms with E-state index < -0.39 is 20.2 Å². The van der Waals surface area contributed by atoms with Gasteiger partial charge in [0.05, 0.1) is 26.1 Å². The maximum atomic E-state index is 12.6. The summed E-state index contributed by atoms with van der Waals surface area (Å²) in [7, 11) is -3.85. The molecule has 1 atom stereocenters. The monoisotopic (exact) mass is 463 g/mol. The molecule has 0 saturated heterocycles. The molecule has 0 spiro atoms. The van der Waals surface area contributed by atoms with Gasteiger partial charge in [0.25, 0.3) is 5.69 Å². The first-order chi connectivity index (χ1) is 14.6. The second-order valence-corrected chi connectivity index (χ2v) is 9.66. The molecule has 31 heavy (non-hydrogen) atoms. The van der Waals surface area contributed by atoms with Gasteiger partial charge in [0.15, 0.2) is 5.16 Å². The topological polar surface area (TPSA) is 150 Å². The van der Waals surface area contributed by atoms with Crippen molar-refractivity contribution in [3.63, 3.8) is 0 Å². The number of non-ortho nitro benzene ring substituents is 1. The second-order valence-electron chi connectivity index (χ2n) is 6.79. The van der Waals surface area contributed by atoms with Crippen LogP contribution in [0, 0.1) is 10.1 Å². The molecule has 1 heterocycles. The van der Waals surface area contributed by atoms with Crippen molar-refractivity contribution >= 4 is 50.1 Å². The molecular formula is C19H21N5O5S2. The molecule has 3 N–H and O–H groups in total. The first-order valence-electron chi connectivity index (χ1n) is 9.35. The molecule has 1 amide bonds. The summed E-state index contributed by atoms with van der Waals surface area (Å²) in [4.78, 5) is 27.3. The van der Waals surface area contributed by atoms with E-state index in [1.807, 2.05) is 11.5 Å². The first-order valence-corrected chi connectivity index (χ1v) is 11.8. The van der Waals surface area contributed by atoms with Gasteiger partial charge in [-0.15, -0.1) is 0 Å². The number of amides is 1. The third kappa shape index (κ3) is 5.21. The van der Waals surface area contributed by atoms with Crippen LogP contribution in [0.2, 0.25) is 0 Å². The number of primary sulfonamides is 1. The van der Waals surface area contributed by atoms with Crippen molar-refractivity contribution in [3.05, 3.63) is 52.6 Å². The fourth-order valence-electron chi connectivity index (χ4n) is 2.92. The Balaban J connectivity index is 1.82. The van der Waals surface area contributed by atoms with Crippen LogP contribution in [-0.4, -0.2) is 34.0 Å². The maximum Gasteiger partial charge on any atom is 0.269 e. The molecule has 3 rings (SSSR count). The summed E-state index contributed by atoms with van der Waals surface area (Å²) in [6.07, 6.45) is 0.819. The molecule has 164 valence electrons. The lowest BCUT2D eigenvalue weighted by Gasteiger charge is -2.13. The number of carbonyl (C=O) groups is 1. The van der Waals surface area contributed by atoms with E-state index in [1.54, 1.807) is 13.0 Å². The number of nitro benzene ring substituents is 1. The highest BCUT2D eigenvalue weighted by atomic mass is 32.2. The second kappa shape index (κ2) is 9.04. The zero-order valence-corrected chi connectivity index (χ0v) is 18.4. The van der Waals surface area contributed by atoms with Crippen LogP contribution in [0.4, 0.5) is 11.4 Å². The predicted molar refractivity (Wildman–Crippen MR) is 118 cm³/mol. The van der Waals surface area contributed by atoms with Gasteiger partial charge in [0.1, 0.15) is 0 Å². The van der Waals surface area contributed by atoms with E-state index in [1.165, 1.54) is 48.2 Å². The third-order valence-corrected chi connectivity index (χ3v) is 6.46. The maximum absolute atomic E-state index is 12.6. The Morgan fingerprint density at radius 2 is 1.97 bits per heavy atom. The summed E-state index contributed by atoms with van der Waals surface area (Å²) < 4.78 is 25.2. The first kappa shape index (κ1) is 22.7. The largest absolute Gasteiger partial charge is 0.325 e. The number of imidazole rings is 1. The summed E-state index contributed by atoms with van der Waals surface area (Å²) in [6, 6.07) is 10.1. The van der Waals surface area contributed by atoms with Gasteiger partial charge in [-0.25, -0.2) is 18.5 Å². The van der Waals surface area contributed by atoms with Crippen molar-refractivity contribution in [1.82, 2.24) is 9.55 Å². The standard InChI is InChI=1S/C19H21N5O5S2/c1-3-10-23-17-9-8-15(31(20,28)29)11-16(17)22-19(23)30-12(2)18(25)21-13-4-6-14(7-5-13)24(26)27/h4-9,11-12H,3,10H2,1-2H3,(H,21,25)(H2,20,28,29). The highest BCUT2D eigenvalue weighted by Gasteiger charge is 2.21. The Kier molecular flexibility index (Phi) is 6.62. The van der Waals surface area contributed by atoms with Crippen LogP contribution >= 0.6 is 11.8 Å². The highest BCUT2D eigenvalue weighted by molar-refractivity contribution is 8.00. The van der Waals surface area contributed by atoms with Crippen LogP contribution in [0.3, 0.4) is 0 Å². The minimum absolute atomic E-state index is 0.0262. The zero-order chi connectivity index (χ0) is 22.8. The summed E-state index contributed by atoms with van der Waals surface area (Å²) in [5.74, 6) is -0.292. The van der Waals surface area contributed by atoms with E-state index >= 15 is 0 Å². The van der Waals surface area contributed by atoms with Crippen molar-refractivity contribution in [2.24, 2.45) is 5.14 Å². The fraction of sp³-hybridized carbons (Fsp3) is 0.263. The lowest BCUT2D eigenvalue weighted by Crippen LogP contribution is -2.22. The minimum atomic E-state index is -3.85. The van der Waals surface area contributed by atoms with Gasteiger partial charge in [-0.05, 0) is 43.7 Å². The number of rotatable bonds is 8. The van der Waals surface area contributed by atoms with Crippen LogP contribution < -0.4 is 10.5 Å². The fourth-order valence-corrected chi connectivity index (χ4v) is 4.40. The van der Waals surface area contributed by atoms with Crippen LogP contribution in [0.25, 0.3) is 11.0 Å². The Morgan fingerprint density at radius 3 is 2.55 bits per heavy atom. The SMILES string of the molecule is CCCn1c(SC(C)C(=O)Nc2ccc([N+](=O)[O-])cc2)nc2cc(S(N)(=O)=O)ccc21. The molecule has 0 fully saturated rings. The van der Waals surface area contributed by atoms with E-state index in [9.17, 15) is 23.3 Å². The molecule has 0 radical (unpaired) electrons. The lowest BCUT2D eigenvalue weighted by atomic mass is 10.3. The van der Waals surface area contributed by atoms with Gasteiger partial charge in [-0.3, -0.25) is 14.9 Å². The average molecular weight is 464 g/mol. The summed E-state index contributed by atoms with van der Waals surface area (Å²) in [6.45, 7) is 4.37. The molecule has 0 aliphatic carbocycles. The summed E-state index contributed by atoms with van der Waals surface area (Å²) in [5, 5.41) is 18.7. The van der Waals surface area contributed by atoms with Gasteiger partial charge in [-0.2, -0.15) is 0 Å². The molecule has 0 saturated carbocycles. The zero-order valence-electron chi connectivity index (χ0n) is 16.8. The van der Waals surface area contributed by atoms with Crippen molar-refractivity contribution < 1.29 is 18.1 Å². The van der Waals surface area contributed by atoms with Crippen molar-refractivity contribution in [2.45, 2.75) is 42.1 Å². The summed E-state index contributed by atoms with van der Waals surface area (Å²) in [5.41, 5.74) is 1.61. The van der Waals surface area contributed by atoms with Crippen LogP contribution in [0.1, 0.15) is 20.3 Å². The van der Waals surface area contributed by atoms with Crippen molar-refractivity contribution in [1.29, 1.82) is 0 Å². The predicted octanol–water partition coefficient (Wildman–Crippen LogP) is 3.12. The normalized spacial score (nSPS) is 12.6. The molecule has 0 bridgehead atoms. The molecule has 1 unspecified atom stereocenters. The molecule has 2 aromatic carbocycles. The number of thioether (sulfide) groups is 1. The van der Waals surface area contributed by atoms with Crippen LogP contribution in [-0.2, 0) is 21.4 Å². The molecule has 1 aromatic heterocycles. The lowest BCUT2D eigenvalue weighted by molar-refractivity contribution is -0.384. The quantitative estimate of drug-likeness (QED) is 0.296. The number of nitrogens with zero attached hydrogens (tertiary/aromatic N) is 3. The van der Waals surface area contributed by atoms with Gasteiger partial charge in [-0.1, -0.05) is 18.7 Å². The Morgan fingerprint density at radius 1 is 1.29 bits per heavy atom.